The Morgan fingerprint density at radius 2 is 1.95 bits per heavy atom. The summed E-state index contributed by atoms with van der Waals surface area (Å²) in [7, 11) is 0. The van der Waals surface area contributed by atoms with E-state index in [-0.39, 0.29) is 11.5 Å². The number of β-amino-alcohol motifs (C(OH)–C–C–N with tert-alkyl or cyclic N) is 1. The largest absolute Gasteiger partial charge is 0.492 e. The first-order chi connectivity index (χ1) is 8.95. The molecule has 3 heteroatoms. The lowest BCUT2D eigenvalue weighted by atomic mass is 9.87. The van der Waals surface area contributed by atoms with Gasteiger partial charge < -0.3 is 9.84 Å². The molecule has 1 aromatic rings. The van der Waals surface area contributed by atoms with E-state index in [9.17, 15) is 5.11 Å². The molecule has 2 rings (SSSR count). The highest BCUT2D eigenvalue weighted by molar-refractivity contribution is 5.31. The molecule has 0 radical (unpaired) electrons. The number of likely N-dealkylation sites (tertiary alicyclic amines) is 1. The van der Waals surface area contributed by atoms with Crippen LogP contribution in [0.1, 0.15) is 32.8 Å². The first-order valence-electron chi connectivity index (χ1n) is 7.09. The summed E-state index contributed by atoms with van der Waals surface area (Å²) < 4.78 is 5.75. The lowest BCUT2D eigenvalue weighted by Crippen LogP contribution is -2.27. The normalized spacial score (nSPS) is 20.7. The van der Waals surface area contributed by atoms with Crippen LogP contribution in [-0.4, -0.2) is 42.4 Å². The van der Waals surface area contributed by atoms with E-state index < -0.39 is 0 Å². The van der Waals surface area contributed by atoms with Gasteiger partial charge in [0, 0.05) is 19.6 Å². The minimum atomic E-state index is -0.147. The zero-order valence-electron chi connectivity index (χ0n) is 12.2. The topological polar surface area (TPSA) is 32.7 Å². The fourth-order valence-corrected chi connectivity index (χ4v) is 2.36. The Kier molecular flexibility index (Phi) is 4.48. The van der Waals surface area contributed by atoms with Crippen LogP contribution in [0.25, 0.3) is 0 Å². The Hall–Kier alpha value is -1.06. The van der Waals surface area contributed by atoms with E-state index in [2.05, 4.69) is 37.8 Å². The fourth-order valence-electron chi connectivity index (χ4n) is 2.36. The van der Waals surface area contributed by atoms with Crippen molar-refractivity contribution in [3.63, 3.8) is 0 Å². The van der Waals surface area contributed by atoms with Crippen LogP contribution in [0.4, 0.5) is 0 Å². The molecule has 0 spiro atoms. The van der Waals surface area contributed by atoms with E-state index >= 15 is 0 Å². The molecule has 106 valence electrons. The fraction of sp³-hybridized carbons (Fsp3) is 0.625. The second-order valence-corrected chi connectivity index (χ2v) is 6.37. The molecule has 3 nitrogen and oxygen atoms in total. The number of hydrogen-bond acceptors (Lipinski definition) is 3. The maximum atomic E-state index is 9.44. The maximum Gasteiger partial charge on any atom is 0.119 e. The summed E-state index contributed by atoms with van der Waals surface area (Å²) in [6, 6.07) is 8.35. The molecule has 0 unspecified atom stereocenters. The number of nitrogens with zero attached hydrogens (tertiary/aromatic N) is 1. The molecule has 1 fully saturated rings. The van der Waals surface area contributed by atoms with E-state index in [1.165, 1.54) is 5.56 Å². The summed E-state index contributed by atoms with van der Waals surface area (Å²) in [4.78, 5) is 2.24. The second kappa shape index (κ2) is 5.93. The highest BCUT2D eigenvalue weighted by Gasteiger charge is 2.19. The zero-order chi connectivity index (χ0) is 13.9. The average Bonchev–Trinajstić information content (AvgIpc) is 2.75. The molecule has 1 N–H and O–H groups in total. The first-order valence-corrected chi connectivity index (χ1v) is 7.09. The van der Waals surface area contributed by atoms with Gasteiger partial charge in [-0.05, 0) is 29.5 Å². The second-order valence-electron chi connectivity index (χ2n) is 6.37. The Bertz CT molecular complexity index is 394. The molecule has 1 heterocycles. The third-order valence-electron chi connectivity index (χ3n) is 3.64. The number of rotatable bonds is 4. The van der Waals surface area contributed by atoms with Crippen LogP contribution in [0.2, 0.25) is 0 Å². The van der Waals surface area contributed by atoms with Crippen LogP contribution in [0.3, 0.4) is 0 Å². The van der Waals surface area contributed by atoms with Crippen molar-refractivity contribution in [1.29, 1.82) is 0 Å². The van der Waals surface area contributed by atoms with Gasteiger partial charge in [-0.3, -0.25) is 4.90 Å². The maximum absolute atomic E-state index is 9.44. The van der Waals surface area contributed by atoms with Crippen molar-refractivity contribution < 1.29 is 9.84 Å². The molecule has 1 aromatic carbocycles. The lowest BCUT2D eigenvalue weighted by molar-refractivity contribution is 0.167. The standard InChI is InChI=1S/C16H25NO2/c1-16(2,3)13-4-6-15(7-5-13)19-11-10-17-9-8-14(18)12-17/h4-7,14,18H,8-12H2,1-3H3/t14-/m1/s1. The summed E-state index contributed by atoms with van der Waals surface area (Å²) in [5, 5.41) is 9.44. The number of aliphatic hydroxyl groups excluding tert-OH is 1. The van der Waals surface area contributed by atoms with Gasteiger partial charge in [0.2, 0.25) is 0 Å². The summed E-state index contributed by atoms with van der Waals surface area (Å²) >= 11 is 0. The van der Waals surface area contributed by atoms with Crippen LogP contribution in [-0.2, 0) is 5.41 Å². The molecule has 1 saturated heterocycles. The van der Waals surface area contributed by atoms with E-state index in [1.807, 2.05) is 12.1 Å². The third kappa shape index (κ3) is 4.22. The van der Waals surface area contributed by atoms with Crippen LogP contribution < -0.4 is 4.74 Å². The molecule has 1 aliphatic heterocycles. The summed E-state index contributed by atoms with van der Waals surface area (Å²) in [6.07, 6.45) is 0.742. The van der Waals surface area contributed by atoms with Gasteiger partial charge in [0.1, 0.15) is 12.4 Å². The van der Waals surface area contributed by atoms with Crippen LogP contribution in [0.15, 0.2) is 24.3 Å². The molecule has 0 bridgehead atoms. The summed E-state index contributed by atoms with van der Waals surface area (Å²) in [6.45, 7) is 9.96. The minimum Gasteiger partial charge on any atom is -0.492 e. The molecular formula is C16H25NO2. The Balaban J connectivity index is 1.77. The van der Waals surface area contributed by atoms with E-state index in [1.54, 1.807) is 0 Å². The van der Waals surface area contributed by atoms with Gasteiger partial charge in [0.05, 0.1) is 6.10 Å². The molecule has 0 aromatic heterocycles. The Morgan fingerprint density at radius 1 is 1.26 bits per heavy atom. The molecule has 1 atom stereocenters. The smallest absolute Gasteiger partial charge is 0.119 e. The van der Waals surface area contributed by atoms with Gasteiger partial charge in [-0.25, -0.2) is 0 Å². The van der Waals surface area contributed by atoms with Crippen molar-refractivity contribution >= 4 is 0 Å². The highest BCUT2D eigenvalue weighted by atomic mass is 16.5. The number of ether oxygens (including phenoxy) is 1. The highest BCUT2D eigenvalue weighted by Crippen LogP contribution is 2.24. The molecule has 0 saturated carbocycles. The Morgan fingerprint density at radius 3 is 2.47 bits per heavy atom. The van der Waals surface area contributed by atoms with Crippen LogP contribution >= 0.6 is 0 Å². The van der Waals surface area contributed by atoms with Crippen molar-refractivity contribution in [1.82, 2.24) is 4.90 Å². The van der Waals surface area contributed by atoms with Gasteiger partial charge in [0.15, 0.2) is 0 Å². The first kappa shape index (κ1) is 14.4. The minimum absolute atomic E-state index is 0.147. The van der Waals surface area contributed by atoms with E-state index in [0.29, 0.717) is 6.61 Å². The van der Waals surface area contributed by atoms with Gasteiger partial charge >= 0.3 is 0 Å². The monoisotopic (exact) mass is 263 g/mol. The van der Waals surface area contributed by atoms with Crippen molar-refractivity contribution in [3.05, 3.63) is 29.8 Å². The molecule has 0 amide bonds. The molecule has 0 aliphatic carbocycles. The number of benzene rings is 1. The van der Waals surface area contributed by atoms with Crippen molar-refractivity contribution in [3.8, 4) is 5.75 Å². The van der Waals surface area contributed by atoms with E-state index in [0.717, 1.165) is 31.8 Å². The van der Waals surface area contributed by atoms with Crippen LogP contribution in [0.5, 0.6) is 5.75 Å². The van der Waals surface area contributed by atoms with Gasteiger partial charge in [-0.1, -0.05) is 32.9 Å². The molecular weight excluding hydrogens is 238 g/mol. The van der Waals surface area contributed by atoms with Crippen molar-refractivity contribution in [2.75, 3.05) is 26.2 Å². The predicted octanol–water partition coefficient (Wildman–Crippen LogP) is 2.43. The lowest BCUT2D eigenvalue weighted by Gasteiger charge is -2.19. The quantitative estimate of drug-likeness (QED) is 0.905. The zero-order valence-corrected chi connectivity index (χ0v) is 12.2. The van der Waals surface area contributed by atoms with Gasteiger partial charge in [-0.2, -0.15) is 0 Å². The number of hydrogen-bond donors (Lipinski definition) is 1. The molecule has 19 heavy (non-hydrogen) atoms. The average molecular weight is 263 g/mol. The SMILES string of the molecule is CC(C)(C)c1ccc(OCCN2CC[C@@H](O)C2)cc1. The summed E-state index contributed by atoms with van der Waals surface area (Å²) in [5.41, 5.74) is 1.51. The van der Waals surface area contributed by atoms with Crippen molar-refractivity contribution in [2.45, 2.75) is 38.7 Å². The van der Waals surface area contributed by atoms with Crippen molar-refractivity contribution in [2.24, 2.45) is 0 Å². The molecule has 1 aliphatic rings. The number of aliphatic hydroxyl groups is 1. The van der Waals surface area contributed by atoms with E-state index in [4.69, 9.17) is 4.74 Å². The van der Waals surface area contributed by atoms with Crippen LogP contribution in [0, 0.1) is 0 Å². The summed E-state index contributed by atoms with van der Waals surface area (Å²) in [5.74, 6) is 0.924. The Labute approximate surface area is 116 Å². The predicted molar refractivity (Wildman–Crippen MR) is 77.7 cm³/mol. The third-order valence-corrected chi connectivity index (χ3v) is 3.64. The van der Waals surface area contributed by atoms with Gasteiger partial charge in [-0.15, -0.1) is 0 Å². The van der Waals surface area contributed by atoms with Gasteiger partial charge in [0.25, 0.3) is 0 Å².